The molecule has 0 radical (unpaired) electrons. The van der Waals surface area contributed by atoms with E-state index in [0.717, 1.165) is 6.07 Å². The standard InChI is InChI=1S/C15H7F5N2O6/c16-8-2-3-9(21-14(25)15(18,19)20)11(17)12(8)28-6-1-4-10(22(26)27)7(5-6)13(23)24/h1-5H,(H,21,25)(H,23,24). The summed E-state index contributed by atoms with van der Waals surface area (Å²) in [5.41, 5.74) is -2.74. The van der Waals surface area contributed by atoms with Gasteiger partial charge in [-0.2, -0.15) is 13.2 Å². The first-order valence-corrected chi connectivity index (χ1v) is 6.97. The molecule has 1 amide bonds. The van der Waals surface area contributed by atoms with E-state index < -0.39 is 63.0 Å². The maximum Gasteiger partial charge on any atom is 0.471 e. The first-order valence-electron chi connectivity index (χ1n) is 6.97. The molecule has 0 aliphatic heterocycles. The molecule has 0 aliphatic carbocycles. The van der Waals surface area contributed by atoms with Crippen molar-refractivity contribution in [1.29, 1.82) is 0 Å². The van der Waals surface area contributed by atoms with E-state index in [9.17, 15) is 41.7 Å². The predicted octanol–water partition coefficient (Wildman–Crippen LogP) is 3.86. The van der Waals surface area contributed by atoms with Gasteiger partial charge in [0.15, 0.2) is 11.6 Å². The average molecular weight is 406 g/mol. The normalized spacial score (nSPS) is 11.0. The number of carboxylic acids is 1. The van der Waals surface area contributed by atoms with Crippen molar-refractivity contribution in [2.24, 2.45) is 0 Å². The average Bonchev–Trinajstić information content (AvgIpc) is 2.59. The Balaban J connectivity index is 2.43. The Kier molecular flexibility index (Phi) is 5.47. The largest absolute Gasteiger partial charge is 0.477 e. The first-order chi connectivity index (χ1) is 12.9. The Morgan fingerprint density at radius 2 is 1.79 bits per heavy atom. The van der Waals surface area contributed by atoms with Crippen molar-refractivity contribution in [1.82, 2.24) is 0 Å². The molecular formula is C15H7F5N2O6. The van der Waals surface area contributed by atoms with Crippen LogP contribution in [0.4, 0.5) is 33.3 Å². The number of benzene rings is 2. The summed E-state index contributed by atoms with van der Waals surface area (Å²) < 4.78 is 69.7. The summed E-state index contributed by atoms with van der Waals surface area (Å²) in [5.74, 6) is -9.17. The molecule has 0 saturated carbocycles. The molecule has 28 heavy (non-hydrogen) atoms. The van der Waals surface area contributed by atoms with Crippen LogP contribution in [-0.2, 0) is 4.79 Å². The molecule has 2 aromatic carbocycles. The zero-order chi connectivity index (χ0) is 21.2. The number of aromatic carboxylic acids is 1. The van der Waals surface area contributed by atoms with Crippen molar-refractivity contribution < 1.29 is 46.3 Å². The topological polar surface area (TPSA) is 119 Å². The lowest BCUT2D eigenvalue weighted by atomic mass is 10.1. The number of hydrogen-bond donors (Lipinski definition) is 2. The molecule has 0 unspecified atom stereocenters. The van der Waals surface area contributed by atoms with Crippen molar-refractivity contribution in [2.75, 3.05) is 5.32 Å². The van der Waals surface area contributed by atoms with Crippen LogP contribution in [0.25, 0.3) is 0 Å². The minimum Gasteiger partial charge on any atom is -0.477 e. The number of amides is 1. The van der Waals surface area contributed by atoms with E-state index in [2.05, 4.69) is 0 Å². The van der Waals surface area contributed by atoms with Crippen molar-refractivity contribution in [3.8, 4) is 11.5 Å². The number of halogens is 5. The number of ether oxygens (including phenoxy) is 1. The summed E-state index contributed by atoms with van der Waals surface area (Å²) in [4.78, 5) is 31.7. The molecule has 2 aromatic rings. The highest BCUT2D eigenvalue weighted by Crippen LogP contribution is 2.34. The molecule has 0 atom stereocenters. The maximum absolute atomic E-state index is 14.3. The van der Waals surface area contributed by atoms with E-state index >= 15 is 0 Å². The van der Waals surface area contributed by atoms with E-state index in [1.807, 2.05) is 0 Å². The number of hydrogen-bond acceptors (Lipinski definition) is 5. The molecule has 0 aliphatic rings. The van der Waals surface area contributed by atoms with Crippen LogP contribution in [0, 0.1) is 21.7 Å². The fourth-order valence-corrected chi connectivity index (χ4v) is 1.94. The quantitative estimate of drug-likeness (QED) is 0.442. The first kappa shape index (κ1) is 20.5. The van der Waals surface area contributed by atoms with Crippen molar-refractivity contribution in [3.05, 3.63) is 57.6 Å². The number of nitrogens with one attached hydrogen (secondary N) is 1. The number of carbonyl (C=O) groups is 2. The molecule has 0 heterocycles. The van der Waals surface area contributed by atoms with Gasteiger partial charge in [-0.15, -0.1) is 0 Å². The van der Waals surface area contributed by atoms with Gasteiger partial charge in [-0.3, -0.25) is 14.9 Å². The highest BCUT2D eigenvalue weighted by atomic mass is 19.4. The lowest BCUT2D eigenvalue weighted by Gasteiger charge is -2.13. The van der Waals surface area contributed by atoms with Crippen molar-refractivity contribution in [3.63, 3.8) is 0 Å². The van der Waals surface area contributed by atoms with Gasteiger partial charge in [0.2, 0.25) is 5.75 Å². The van der Waals surface area contributed by atoms with Gasteiger partial charge >= 0.3 is 18.1 Å². The second kappa shape index (κ2) is 7.46. The number of nitro groups is 1. The number of nitrogens with zero attached hydrogens (tertiary/aromatic N) is 1. The van der Waals surface area contributed by atoms with Crippen LogP contribution in [0.5, 0.6) is 11.5 Å². The van der Waals surface area contributed by atoms with Gasteiger partial charge in [-0.25, -0.2) is 13.6 Å². The molecule has 148 valence electrons. The van der Waals surface area contributed by atoms with Gasteiger partial charge in [0, 0.05) is 12.1 Å². The summed E-state index contributed by atoms with van der Waals surface area (Å²) in [5, 5.41) is 20.9. The van der Waals surface area contributed by atoms with Crippen LogP contribution in [0.15, 0.2) is 30.3 Å². The van der Waals surface area contributed by atoms with Crippen LogP contribution in [0.2, 0.25) is 0 Å². The number of carbonyl (C=O) groups excluding carboxylic acids is 1. The molecule has 0 saturated heterocycles. The van der Waals surface area contributed by atoms with E-state index in [0.29, 0.717) is 24.3 Å². The van der Waals surface area contributed by atoms with Crippen LogP contribution in [0.3, 0.4) is 0 Å². The summed E-state index contributed by atoms with van der Waals surface area (Å²) in [7, 11) is 0. The fourth-order valence-electron chi connectivity index (χ4n) is 1.94. The highest BCUT2D eigenvalue weighted by Gasteiger charge is 2.39. The third kappa shape index (κ3) is 4.31. The van der Waals surface area contributed by atoms with Crippen molar-refractivity contribution >= 4 is 23.3 Å². The molecular weight excluding hydrogens is 399 g/mol. The molecule has 0 aromatic heterocycles. The predicted molar refractivity (Wildman–Crippen MR) is 81.2 cm³/mol. The van der Waals surface area contributed by atoms with E-state index in [4.69, 9.17) is 9.84 Å². The number of anilines is 1. The smallest absolute Gasteiger partial charge is 0.471 e. The van der Waals surface area contributed by atoms with Gasteiger partial charge < -0.3 is 15.2 Å². The molecule has 0 spiro atoms. The van der Waals surface area contributed by atoms with Crippen LogP contribution < -0.4 is 10.1 Å². The summed E-state index contributed by atoms with van der Waals surface area (Å²) in [6.07, 6.45) is -5.34. The van der Waals surface area contributed by atoms with Crippen LogP contribution >= 0.6 is 0 Å². The van der Waals surface area contributed by atoms with E-state index in [-0.39, 0.29) is 0 Å². The Morgan fingerprint density at radius 3 is 2.32 bits per heavy atom. The molecule has 2 N–H and O–H groups in total. The number of alkyl halides is 3. The number of nitro benzene ring substituents is 1. The molecule has 13 heteroatoms. The fraction of sp³-hybridized carbons (Fsp3) is 0.0667. The van der Waals surface area contributed by atoms with Gasteiger partial charge in [-0.05, 0) is 18.2 Å². The monoisotopic (exact) mass is 406 g/mol. The molecule has 0 fully saturated rings. The third-order valence-electron chi connectivity index (χ3n) is 3.17. The minimum absolute atomic E-state index is 0.494. The summed E-state index contributed by atoms with van der Waals surface area (Å²) in [6.45, 7) is 0. The lowest BCUT2D eigenvalue weighted by Crippen LogP contribution is -2.30. The van der Waals surface area contributed by atoms with E-state index in [1.54, 1.807) is 0 Å². The van der Waals surface area contributed by atoms with Crippen LogP contribution in [0.1, 0.15) is 10.4 Å². The zero-order valence-electron chi connectivity index (χ0n) is 13.2. The van der Waals surface area contributed by atoms with Gasteiger partial charge in [0.1, 0.15) is 11.3 Å². The van der Waals surface area contributed by atoms with Gasteiger partial charge in [0.05, 0.1) is 10.6 Å². The van der Waals surface area contributed by atoms with Crippen LogP contribution in [-0.4, -0.2) is 28.1 Å². The lowest BCUT2D eigenvalue weighted by molar-refractivity contribution is -0.385. The Labute approximate surface area is 151 Å². The second-order valence-electron chi connectivity index (χ2n) is 5.03. The maximum atomic E-state index is 14.3. The summed E-state index contributed by atoms with van der Waals surface area (Å²) in [6, 6.07) is 3.13. The summed E-state index contributed by atoms with van der Waals surface area (Å²) >= 11 is 0. The Hall–Kier alpha value is -3.77. The Bertz CT molecular complexity index is 976. The molecule has 8 nitrogen and oxygen atoms in total. The number of carboxylic acid groups (broad SMARTS) is 1. The number of rotatable bonds is 5. The second-order valence-corrected chi connectivity index (χ2v) is 5.03. The Morgan fingerprint density at radius 1 is 1.14 bits per heavy atom. The molecule has 0 bridgehead atoms. The zero-order valence-corrected chi connectivity index (χ0v) is 13.2. The third-order valence-corrected chi connectivity index (χ3v) is 3.17. The van der Waals surface area contributed by atoms with Gasteiger partial charge in [0.25, 0.3) is 5.69 Å². The molecule has 2 rings (SSSR count). The SMILES string of the molecule is O=C(O)c1cc(Oc2c(F)ccc(NC(=O)C(F)(F)F)c2F)ccc1[N+](=O)[O-]. The highest BCUT2D eigenvalue weighted by molar-refractivity contribution is 5.95. The van der Waals surface area contributed by atoms with Crippen molar-refractivity contribution in [2.45, 2.75) is 6.18 Å². The van der Waals surface area contributed by atoms with Gasteiger partial charge in [-0.1, -0.05) is 0 Å². The minimum atomic E-state index is -5.34. The van der Waals surface area contributed by atoms with E-state index in [1.165, 1.54) is 5.32 Å².